The van der Waals surface area contributed by atoms with Crippen molar-refractivity contribution in [3.05, 3.63) is 12.3 Å². The van der Waals surface area contributed by atoms with Crippen LogP contribution in [-0.2, 0) is 39.6 Å². The molecule has 0 atom stereocenters. The van der Waals surface area contributed by atoms with Gasteiger partial charge in [-0.05, 0) is 0 Å². The molecule has 0 spiro atoms. The Bertz CT molecular complexity index is 69.7. The van der Waals surface area contributed by atoms with Crippen molar-refractivity contribution in [2.45, 2.75) is 34.6 Å². The molecular formula is C8H16VW-2. The van der Waals surface area contributed by atoms with Crippen LogP contribution in [0.25, 0.3) is 0 Å². The van der Waals surface area contributed by atoms with E-state index in [0.29, 0.717) is 5.41 Å². The zero-order chi connectivity index (χ0) is 6.78. The minimum atomic E-state index is 0. The van der Waals surface area contributed by atoms with Gasteiger partial charge in [0.25, 0.3) is 0 Å². The van der Waals surface area contributed by atoms with E-state index in [4.69, 9.17) is 0 Å². The van der Waals surface area contributed by atoms with E-state index in [1.54, 1.807) is 0 Å². The van der Waals surface area contributed by atoms with Gasteiger partial charge < -0.3 is 12.3 Å². The summed E-state index contributed by atoms with van der Waals surface area (Å²) >= 11 is 0. The van der Waals surface area contributed by atoms with Crippen LogP contribution in [-0.4, -0.2) is 0 Å². The van der Waals surface area contributed by atoms with Crippen molar-refractivity contribution in [1.82, 2.24) is 0 Å². The fraction of sp³-hybridized carbons (Fsp3) is 0.750. The minimum absolute atomic E-state index is 0. The Morgan fingerprint density at radius 2 is 1.50 bits per heavy atom. The third-order valence-corrected chi connectivity index (χ3v) is 2.01. The molecule has 0 rings (SSSR count). The van der Waals surface area contributed by atoms with E-state index in [-0.39, 0.29) is 39.6 Å². The Morgan fingerprint density at radius 1 is 1.20 bits per heavy atom. The van der Waals surface area contributed by atoms with Gasteiger partial charge in [-0.15, -0.1) is 13.8 Å². The fourth-order valence-electron chi connectivity index (χ4n) is 0.289. The van der Waals surface area contributed by atoms with Crippen molar-refractivity contribution in [3.8, 4) is 0 Å². The topological polar surface area (TPSA) is 0 Å². The second-order valence-electron chi connectivity index (χ2n) is 3.01. The summed E-state index contributed by atoms with van der Waals surface area (Å²) in [6.07, 6.45) is 2.22. The van der Waals surface area contributed by atoms with E-state index in [2.05, 4.69) is 41.0 Å². The zero-order valence-electron chi connectivity index (χ0n) is 7.43. The largest absolute Gasteiger partial charge is 0.355 e. The van der Waals surface area contributed by atoms with Crippen molar-refractivity contribution in [2.75, 3.05) is 0 Å². The van der Waals surface area contributed by atoms with Crippen LogP contribution in [0.1, 0.15) is 34.6 Å². The fourth-order valence-corrected chi connectivity index (χ4v) is 0.289. The Kier molecular flexibility index (Phi) is 12.1. The van der Waals surface area contributed by atoms with Gasteiger partial charge in [-0.3, -0.25) is 5.41 Å². The quantitative estimate of drug-likeness (QED) is 0.674. The van der Waals surface area contributed by atoms with Gasteiger partial charge in [0.15, 0.2) is 0 Å². The van der Waals surface area contributed by atoms with Crippen LogP contribution < -0.4 is 0 Å². The number of hydrogen-bond acceptors (Lipinski definition) is 0. The molecule has 0 bridgehead atoms. The van der Waals surface area contributed by atoms with Gasteiger partial charge in [0, 0.05) is 39.6 Å². The van der Waals surface area contributed by atoms with E-state index in [1.807, 2.05) is 0 Å². The van der Waals surface area contributed by atoms with Gasteiger partial charge >= 0.3 is 0 Å². The van der Waals surface area contributed by atoms with Crippen molar-refractivity contribution < 1.29 is 39.6 Å². The molecule has 0 aliphatic rings. The van der Waals surface area contributed by atoms with Gasteiger partial charge in [-0.1, -0.05) is 0 Å². The maximum atomic E-state index is 2.22. The molecule has 0 nitrogen and oxygen atoms in total. The molecule has 0 amide bonds. The predicted octanol–water partition coefficient (Wildman–Crippen LogP) is 2.85. The summed E-state index contributed by atoms with van der Waals surface area (Å²) in [7, 11) is 0. The molecule has 2 heteroatoms. The molecule has 0 heterocycles. The summed E-state index contributed by atoms with van der Waals surface area (Å²) in [4.78, 5) is 0. The molecule has 0 saturated heterocycles. The van der Waals surface area contributed by atoms with E-state index in [0.717, 1.165) is 0 Å². The van der Waals surface area contributed by atoms with Crippen molar-refractivity contribution in [3.63, 3.8) is 0 Å². The maximum Gasteiger partial charge on any atom is 0 e. The van der Waals surface area contributed by atoms with Gasteiger partial charge in [0.1, 0.15) is 0 Å². The summed E-state index contributed by atoms with van der Waals surface area (Å²) in [6.45, 7) is 10.9. The number of hydrogen-bond donors (Lipinski definition) is 0. The summed E-state index contributed by atoms with van der Waals surface area (Å²) in [6, 6.07) is 0. The average molecular weight is 347 g/mol. The minimum Gasteiger partial charge on any atom is -0.355 e. The van der Waals surface area contributed by atoms with Gasteiger partial charge in [0.05, 0.1) is 0 Å². The first-order valence-electron chi connectivity index (χ1n) is 3.12. The average Bonchev–Trinajstić information content (AvgIpc) is 1.67. The first kappa shape index (κ1) is 17.4. The molecule has 0 aromatic rings. The summed E-state index contributed by atoms with van der Waals surface area (Å²) in [5, 5.41) is 0. The standard InChI is InChI=1S/C8H16.V.W/c1-6-8(4,5)7(2)3;;/h6H,1-5H3;;/q-2;;. The van der Waals surface area contributed by atoms with Crippen LogP contribution in [0, 0.1) is 17.8 Å². The molecule has 0 aliphatic carbocycles. The van der Waals surface area contributed by atoms with E-state index < -0.39 is 0 Å². The van der Waals surface area contributed by atoms with E-state index in [1.165, 1.54) is 5.92 Å². The molecule has 0 saturated carbocycles. The summed E-state index contributed by atoms with van der Waals surface area (Å²) < 4.78 is 0. The molecule has 0 N–H and O–H groups in total. The number of rotatable bonds is 2. The Morgan fingerprint density at radius 3 is 1.50 bits per heavy atom. The van der Waals surface area contributed by atoms with Crippen molar-refractivity contribution in [1.29, 1.82) is 0 Å². The SMILES string of the molecule is C[CH-]C(C)(C)[C-](C)C.[V].[W]. The van der Waals surface area contributed by atoms with Crippen LogP contribution in [0.5, 0.6) is 0 Å². The molecule has 0 aromatic carbocycles. The van der Waals surface area contributed by atoms with Gasteiger partial charge in [-0.25, -0.2) is 0 Å². The molecule has 10 heavy (non-hydrogen) atoms. The first-order chi connectivity index (χ1) is 3.50. The monoisotopic (exact) mass is 347 g/mol. The summed E-state index contributed by atoms with van der Waals surface area (Å²) in [5.74, 6) is 1.47. The second-order valence-corrected chi connectivity index (χ2v) is 3.01. The van der Waals surface area contributed by atoms with Crippen molar-refractivity contribution in [2.24, 2.45) is 5.41 Å². The molecule has 0 fully saturated rings. The molecule has 0 aromatic heterocycles. The summed E-state index contributed by atoms with van der Waals surface area (Å²) in [5.41, 5.74) is 0.333. The smallest absolute Gasteiger partial charge is 0 e. The van der Waals surface area contributed by atoms with Crippen molar-refractivity contribution >= 4 is 0 Å². The van der Waals surface area contributed by atoms with E-state index >= 15 is 0 Å². The second kappa shape index (κ2) is 6.95. The molecule has 0 aliphatic heterocycles. The molecule has 1 radical (unpaired) electrons. The van der Waals surface area contributed by atoms with Gasteiger partial charge in [0.2, 0.25) is 0 Å². The van der Waals surface area contributed by atoms with Crippen LogP contribution >= 0.6 is 0 Å². The normalized spacial score (nSPS) is 10.2. The third-order valence-electron chi connectivity index (χ3n) is 2.01. The molecule has 61 valence electrons. The predicted molar refractivity (Wildman–Crippen MR) is 38.3 cm³/mol. The van der Waals surface area contributed by atoms with Crippen LogP contribution in [0.2, 0.25) is 0 Å². The molecule has 0 unspecified atom stereocenters. The Labute approximate surface area is 91.7 Å². The first-order valence-corrected chi connectivity index (χ1v) is 3.12. The third kappa shape index (κ3) is 6.01. The maximum absolute atomic E-state index is 2.22. The van der Waals surface area contributed by atoms with Gasteiger partial charge in [-0.2, -0.15) is 20.8 Å². The van der Waals surface area contributed by atoms with Crippen LogP contribution in [0.15, 0.2) is 0 Å². The Balaban J connectivity index is -0.000000245. The Hall–Kier alpha value is 1.27. The zero-order valence-corrected chi connectivity index (χ0v) is 11.8. The van der Waals surface area contributed by atoms with Crippen LogP contribution in [0.4, 0.5) is 0 Å². The van der Waals surface area contributed by atoms with E-state index in [9.17, 15) is 0 Å². The van der Waals surface area contributed by atoms with Crippen LogP contribution in [0.3, 0.4) is 0 Å². The molecular weight excluding hydrogens is 331 g/mol.